The van der Waals surface area contributed by atoms with Crippen molar-refractivity contribution in [1.82, 2.24) is 9.80 Å². The van der Waals surface area contributed by atoms with E-state index < -0.39 is 0 Å². The topological polar surface area (TPSA) is 56.6 Å². The summed E-state index contributed by atoms with van der Waals surface area (Å²) in [6, 6.07) is 8.82. The average molecular weight is 273 g/mol. The first-order chi connectivity index (χ1) is 9.72. The molecule has 1 heterocycles. The molecule has 2 rings (SSSR count). The molecule has 0 unspecified atom stereocenters. The van der Waals surface area contributed by atoms with Crippen LogP contribution in [0.25, 0.3) is 0 Å². The minimum Gasteiger partial charge on any atom is -0.484 e. The summed E-state index contributed by atoms with van der Waals surface area (Å²) in [7, 11) is 0. The van der Waals surface area contributed by atoms with Crippen molar-refractivity contribution in [3.63, 3.8) is 0 Å². The summed E-state index contributed by atoms with van der Waals surface area (Å²) in [5.41, 5.74) is 0.583. The summed E-state index contributed by atoms with van der Waals surface area (Å²) in [4.78, 5) is 16.2. The van der Waals surface area contributed by atoms with Crippen molar-refractivity contribution in [1.29, 1.82) is 5.26 Å². The van der Waals surface area contributed by atoms with Gasteiger partial charge in [-0.15, -0.1) is 0 Å². The minimum absolute atomic E-state index is 0.0186. The molecule has 106 valence electrons. The molecule has 0 radical (unpaired) electrons. The van der Waals surface area contributed by atoms with Crippen molar-refractivity contribution in [2.24, 2.45) is 0 Å². The number of nitriles is 1. The highest BCUT2D eigenvalue weighted by molar-refractivity contribution is 5.77. The molecule has 1 amide bonds. The number of benzene rings is 1. The Hall–Kier alpha value is -2.06. The third-order valence-electron chi connectivity index (χ3n) is 3.52. The van der Waals surface area contributed by atoms with Crippen LogP contribution in [-0.4, -0.2) is 55.0 Å². The molecular weight excluding hydrogens is 254 g/mol. The second-order valence-electron chi connectivity index (χ2n) is 4.74. The van der Waals surface area contributed by atoms with Gasteiger partial charge >= 0.3 is 0 Å². The van der Waals surface area contributed by atoms with Crippen LogP contribution in [0.4, 0.5) is 0 Å². The van der Waals surface area contributed by atoms with Crippen LogP contribution in [0.2, 0.25) is 0 Å². The molecule has 0 N–H and O–H groups in total. The van der Waals surface area contributed by atoms with Gasteiger partial charge in [0.1, 0.15) is 5.75 Å². The SMILES string of the molecule is CCN1CCN(C(=O)COc2ccc(C#N)cc2)CC1. The number of hydrogen-bond donors (Lipinski definition) is 0. The van der Waals surface area contributed by atoms with E-state index in [1.807, 2.05) is 11.0 Å². The number of carbonyl (C=O) groups is 1. The molecular formula is C15H19N3O2. The minimum atomic E-state index is 0.0186. The Kier molecular flexibility index (Phi) is 4.97. The fourth-order valence-electron chi connectivity index (χ4n) is 2.18. The molecule has 1 aliphatic rings. The lowest BCUT2D eigenvalue weighted by molar-refractivity contribution is -0.135. The van der Waals surface area contributed by atoms with Crippen LogP contribution in [0.1, 0.15) is 12.5 Å². The number of carbonyl (C=O) groups excluding carboxylic acids is 1. The molecule has 1 aromatic carbocycles. The lowest BCUT2D eigenvalue weighted by Crippen LogP contribution is -2.49. The van der Waals surface area contributed by atoms with Crippen molar-refractivity contribution in [3.05, 3.63) is 29.8 Å². The van der Waals surface area contributed by atoms with Crippen molar-refractivity contribution in [3.8, 4) is 11.8 Å². The summed E-state index contributed by atoms with van der Waals surface area (Å²) in [5.74, 6) is 0.634. The number of rotatable bonds is 4. The lowest BCUT2D eigenvalue weighted by Gasteiger charge is -2.33. The molecule has 0 aliphatic carbocycles. The van der Waals surface area contributed by atoms with E-state index in [1.165, 1.54) is 0 Å². The molecule has 0 bridgehead atoms. The van der Waals surface area contributed by atoms with Gasteiger partial charge in [0.15, 0.2) is 6.61 Å². The van der Waals surface area contributed by atoms with Crippen LogP contribution in [0.5, 0.6) is 5.75 Å². The van der Waals surface area contributed by atoms with Crippen LogP contribution in [0.15, 0.2) is 24.3 Å². The zero-order chi connectivity index (χ0) is 14.4. The van der Waals surface area contributed by atoms with Crippen LogP contribution < -0.4 is 4.74 Å². The van der Waals surface area contributed by atoms with Gasteiger partial charge in [0.25, 0.3) is 5.91 Å². The lowest BCUT2D eigenvalue weighted by atomic mass is 10.2. The highest BCUT2D eigenvalue weighted by Crippen LogP contribution is 2.12. The van der Waals surface area contributed by atoms with E-state index in [-0.39, 0.29) is 12.5 Å². The molecule has 0 saturated carbocycles. The van der Waals surface area contributed by atoms with E-state index in [1.54, 1.807) is 24.3 Å². The number of likely N-dealkylation sites (N-methyl/N-ethyl adjacent to an activating group) is 1. The van der Waals surface area contributed by atoms with E-state index >= 15 is 0 Å². The second kappa shape index (κ2) is 6.92. The number of ether oxygens (including phenoxy) is 1. The summed E-state index contributed by atoms with van der Waals surface area (Å²) in [6.45, 7) is 6.61. The van der Waals surface area contributed by atoms with Gasteiger partial charge in [-0.3, -0.25) is 4.79 Å². The molecule has 1 saturated heterocycles. The Bertz CT molecular complexity index is 485. The van der Waals surface area contributed by atoms with Gasteiger partial charge in [-0.05, 0) is 30.8 Å². The molecule has 0 spiro atoms. The van der Waals surface area contributed by atoms with Crippen LogP contribution >= 0.6 is 0 Å². The predicted molar refractivity (Wildman–Crippen MR) is 75.3 cm³/mol. The quantitative estimate of drug-likeness (QED) is 0.824. The Morgan fingerprint density at radius 3 is 2.45 bits per heavy atom. The van der Waals surface area contributed by atoms with Gasteiger partial charge in [0.05, 0.1) is 11.6 Å². The zero-order valence-corrected chi connectivity index (χ0v) is 11.7. The molecule has 20 heavy (non-hydrogen) atoms. The summed E-state index contributed by atoms with van der Waals surface area (Å²) >= 11 is 0. The highest BCUT2D eigenvalue weighted by Gasteiger charge is 2.20. The van der Waals surface area contributed by atoms with Gasteiger partial charge in [0.2, 0.25) is 0 Å². The number of amides is 1. The van der Waals surface area contributed by atoms with Gasteiger partial charge < -0.3 is 14.5 Å². The maximum Gasteiger partial charge on any atom is 0.260 e. The Morgan fingerprint density at radius 1 is 1.25 bits per heavy atom. The van der Waals surface area contributed by atoms with Gasteiger partial charge in [-0.25, -0.2) is 0 Å². The van der Waals surface area contributed by atoms with E-state index in [9.17, 15) is 4.79 Å². The zero-order valence-electron chi connectivity index (χ0n) is 11.7. The fourth-order valence-corrected chi connectivity index (χ4v) is 2.18. The maximum atomic E-state index is 12.0. The number of nitrogens with zero attached hydrogens (tertiary/aromatic N) is 3. The van der Waals surface area contributed by atoms with E-state index in [4.69, 9.17) is 10.00 Å². The largest absolute Gasteiger partial charge is 0.484 e. The molecule has 0 aromatic heterocycles. The Balaban J connectivity index is 1.79. The van der Waals surface area contributed by atoms with Gasteiger partial charge in [0, 0.05) is 26.2 Å². The third kappa shape index (κ3) is 3.72. The maximum absolute atomic E-state index is 12.0. The molecule has 1 aromatic rings. The first kappa shape index (κ1) is 14.4. The third-order valence-corrected chi connectivity index (χ3v) is 3.52. The van der Waals surface area contributed by atoms with E-state index in [0.717, 1.165) is 32.7 Å². The smallest absolute Gasteiger partial charge is 0.260 e. The van der Waals surface area contributed by atoms with Gasteiger partial charge in [-0.2, -0.15) is 5.26 Å². The highest BCUT2D eigenvalue weighted by atomic mass is 16.5. The summed E-state index contributed by atoms with van der Waals surface area (Å²) in [6.07, 6.45) is 0. The second-order valence-corrected chi connectivity index (χ2v) is 4.74. The monoisotopic (exact) mass is 273 g/mol. The average Bonchev–Trinajstić information content (AvgIpc) is 2.53. The number of piperazine rings is 1. The predicted octanol–water partition coefficient (Wildman–Crippen LogP) is 1.10. The molecule has 0 atom stereocenters. The molecule has 1 fully saturated rings. The van der Waals surface area contributed by atoms with E-state index in [2.05, 4.69) is 11.8 Å². The summed E-state index contributed by atoms with van der Waals surface area (Å²) < 4.78 is 5.46. The first-order valence-electron chi connectivity index (χ1n) is 6.86. The van der Waals surface area contributed by atoms with E-state index in [0.29, 0.717) is 11.3 Å². The van der Waals surface area contributed by atoms with Crippen molar-refractivity contribution in [2.45, 2.75) is 6.92 Å². The van der Waals surface area contributed by atoms with Crippen LogP contribution in [0.3, 0.4) is 0 Å². The molecule has 1 aliphatic heterocycles. The van der Waals surface area contributed by atoms with Crippen molar-refractivity contribution in [2.75, 3.05) is 39.3 Å². The summed E-state index contributed by atoms with van der Waals surface area (Å²) in [5, 5.41) is 8.70. The van der Waals surface area contributed by atoms with Crippen molar-refractivity contribution >= 4 is 5.91 Å². The molecule has 5 heteroatoms. The standard InChI is InChI=1S/C15H19N3O2/c1-2-17-7-9-18(10-8-17)15(19)12-20-14-5-3-13(11-16)4-6-14/h3-6H,2,7-10,12H2,1H3. The number of hydrogen-bond acceptors (Lipinski definition) is 4. The fraction of sp³-hybridized carbons (Fsp3) is 0.467. The first-order valence-corrected chi connectivity index (χ1v) is 6.86. The van der Waals surface area contributed by atoms with Crippen molar-refractivity contribution < 1.29 is 9.53 Å². The van der Waals surface area contributed by atoms with Gasteiger partial charge in [-0.1, -0.05) is 6.92 Å². The Morgan fingerprint density at radius 2 is 1.90 bits per heavy atom. The van der Waals surface area contributed by atoms with Crippen LogP contribution in [0, 0.1) is 11.3 Å². The van der Waals surface area contributed by atoms with Crippen LogP contribution in [-0.2, 0) is 4.79 Å². The normalized spacial score (nSPS) is 15.7. The molecule has 5 nitrogen and oxygen atoms in total. The Labute approximate surface area is 119 Å².